The van der Waals surface area contributed by atoms with Crippen molar-refractivity contribution in [2.75, 3.05) is 33.4 Å². The third-order valence-corrected chi connectivity index (χ3v) is 9.07. The molecule has 58 heavy (non-hydrogen) atoms. The highest BCUT2D eigenvalue weighted by Gasteiger charge is 2.26. The van der Waals surface area contributed by atoms with Gasteiger partial charge in [0.05, 0.1) is 13.2 Å². The predicted octanol–water partition coefficient (Wildman–Crippen LogP) is 12.4. The summed E-state index contributed by atoms with van der Waals surface area (Å²) in [7, 11) is -2.70. The maximum atomic E-state index is 12.6. The summed E-state index contributed by atoms with van der Waals surface area (Å²) in [4.78, 5) is 35.0. The largest absolute Gasteiger partial charge is 0.472 e. The lowest BCUT2D eigenvalue weighted by Gasteiger charge is -2.19. The topological polar surface area (TPSA) is 120 Å². The van der Waals surface area contributed by atoms with Gasteiger partial charge in [-0.25, -0.2) is 4.57 Å². The number of hydrogen-bond acceptors (Lipinski definition) is 8. The number of phosphoric ester groups is 1. The lowest BCUT2D eigenvalue weighted by atomic mass is 10.1. The van der Waals surface area contributed by atoms with Gasteiger partial charge in [-0.2, -0.15) is 0 Å². The summed E-state index contributed by atoms with van der Waals surface area (Å²) in [6.07, 6.45) is 56.9. The Kier molecular flexibility index (Phi) is 40.3. The molecule has 0 aromatic carbocycles. The number of allylic oxidation sites excluding steroid dienone is 20. The van der Waals surface area contributed by atoms with E-state index in [1.165, 1.54) is 0 Å². The number of hydrogen-bond donors (Lipinski definition) is 2. The summed E-state index contributed by atoms with van der Waals surface area (Å²) in [6.45, 7) is 3.84. The van der Waals surface area contributed by atoms with E-state index in [2.05, 4.69) is 129 Å². The highest BCUT2D eigenvalue weighted by atomic mass is 31.2. The molecule has 0 bridgehead atoms. The molecule has 326 valence electrons. The van der Waals surface area contributed by atoms with E-state index in [-0.39, 0.29) is 26.1 Å². The van der Waals surface area contributed by atoms with Crippen molar-refractivity contribution in [3.8, 4) is 0 Å². The Labute approximate surface area is 352 Å². The molecule has 0 aliphatic heterocycles. The van der Waals surface area contributed by atoms with Crippen LogP contribution in [0.2, 0.25) is 0 Å². The number of carbonyl (C=O) groups excluding carboxylic acids is 2. The number of likely N-dealkylation sites (N-methyl/N-ethyl adjacent to an activating group) is 1. The average molecular weight is 826 g/mol. The van der Waals surface area contributed by atoms with Gasteiger partial charge in [-0.05, 0) is 96.9 Å². The second kappa shape index (κ2) is 43.0. The molecule has 0 rings (SSSR count). The molecule has 0 amide bonds. The molecule has 0 aromatic rings. The van der Waals surface area contributed by atoms with Crippen molar-refractivity contribution in [2.24, 2.45) is 0 Å². The zero-order valence-electron chi connectivity index (χ0n) is 35.9. The van der Waals surface area contributed by atoms with Gasteiger partial charge in [0.1, 0.15) is 6.61 Å². The van der Waals surface area contributed by atoms with Crippen molar-refractivity contribution in [3.63, 3.8) is 0 Å². The molecule has 0 aliphatic rings. The summed E-state index contributed by atoms with van der Waals surface area (Å²) in [6, 6.07) is 0. The second-order valence-electron chi connectivity index (χ2n) is 13.4. The van der Waals surface area contributed by atoms with Gasteiger partial charge in [-0.1, -0.05) is 148 Å². The molecule has 0 fully saturated rings. The fourth-order valence-electron chi connectivity index (χ4n) is 4.92. The number of esters is 2. The number of ether oxygens (including phenoxy) is 2. The Morgan fingerprint density at radius 3 is 1.43 bits per heavy atom. The van der Waals surface area contributed by atoms with Gasteiger partial charge in [0.2, 0.25) is 0 Å². The van der Waals surface area contributed by atoms with Crippen LogP contribution in [0.25, 0.3) is 0 Å². The molecular formula is C48H76NO8P. The fourth-order valence-corrected chi connectivity index (χ4v) is 5.67. The maximum Gasteiger partial charge on any atom is 0.472 e. The van der Waals surface area contributed by atoms with Crippen LogP contribution in [-0.2, 0) is 32.7 Å². The monoisotopic (exact) mass is 826 g/mol. The van der Waals surface area contributed by atoms with E-state index >= 15 is 0 Å². The Morgan fingerprint density at radius 2 is 0.966 bits per heavy atom. The number of phosphoric acid groups is 1. The minimum atomic E-state index is -4.39. The van der Waals surface area contributed by atoms with E-state index in [4.69, 9.17) is 18.5 Å². The molecule has 0 aromatic heterocycles. The normalized spacial score (nSPS) is 14.5. The lowest BCUT2D eigenvalue weighted by molar-refractivity contribution is -0.161. The van der Waals surface area contributed by atoms with Gasteiger partial charge < -0.3 is 19.7 Å². The summed E-state index contributed by atoms with van der Waals surface area (Å²) >= 11 is 0. The van der Waals surface area contributed by atoms with Gasteiger partial charge in [0, 0.05) is 19.4 Å². The van der Waals surface area contributed by atoms with Crippen LogP contribution in [0.15, 0.2) is 122 Å². The van der Waals surface area contributed by atoms with Crippen LogP contribution in [0.3, 0.4) is 0 Å². The highest BCUT2D eigenvalue weighted by Crippen LogP contribution is 2.43. The van der Waals surface area contributed by atoms with Crippen molar-refractivity contribution in [1.82, 2.24) is 5.32 Å². The molecule has 10 heteroatoms. The molecule has 9 nitrogen and oxygen atoms in total. The SMILES string of the molecule is CC/C=C\C/C=C\C/C=C\C/C=C\C/C=C\C/C=C\CCC(=O)OC(COC(=O)CCCCCC/C=C\C/C=C\C/C=C\C/C=C\CC)COP(=O)(O)OCCNC. The molecule has 2 N–H and O–H groups in total. The van der Waals surface area contributed by atoms with E-state index in [1.54, 1.807) is 7.05 Å². The molecule has 0 saturated carbocycles. The first-order chi connectivity index (χ1) is 28.3. The van der Waals surface area contributed by atoms with Gasteiger partial charge in [-0.15, -0.1) is 0 Å². The predicted molar refractivity (Wildman–Crippen MR) is 242 cm³/mol. The van der Waals surface area contributed by atoms with Crippen LogP contribution in [0, 0.1) is 0 Å². The first-order valence-corrected chi connectivity index (χ1v) is 23.0. The van der Waals surface area contributed by atoms with Gasteiger partial charge in [0.15, 0.2) is 6.10 Å². The fraction of sp³-hybridized carbons (Fsp3) is 0.542. The van der Waals surface area contributed by atoms with Crippen molar-refractivity contribution >= 4 is 19.8 Å². The summed E-state index contributed by atoms with van der Waals surface area (Å²) < 4.78 is 33.1. The van der Waals surface area contributed by atoms with Crippen molar-refractivity contribution < 1.29 is 37.6 Å². The van der Waals surface area contributed by atoms with Gasteiger partial charge >= 0.3 is 19.8 Å². The van der Waals surface area contributed by atoms with E-state index in [1.807, 2.05) is 12.2 Å². The molecule has 2 atom stereocenters. The molecule has 0 heterocycles. The quantitative estimate of drug-likeness (QED) is 0.0271. The number of nitrogens with one attached hydrogen (secondary N) is 1. The lowest BCUT2D eigenvalue weighted by Crippen LogP contribution is -2.29. The standard InChI is InChI=1S/C48H76NO8P/c1-4-6-8-10-12-14-16-18-20-22-23-25-27-29-31-33-35-37-39-41-48(51)57-46(45-56-58(52,53)55-43-42-49-3)44-54-47(50)40-38-36-34-32-30-28-26-24-21-19-17-15-13-11-9-7-5-2/h6-9,12-15,18-21,23,25-26,28-29,31,35,37,46,49H,4-5,10-11,16-17,22,24,27,30,32-34,36,38-45H2,1-3H3,(H,52,53)/b8-6-,9-7-,14-12-,15-13-,20-18-,21-19-,25-23-,28-26-,31-29-,37-35-. The summed E-state index contributed by atoms with van der Waals surface area (Å²) in [5, 5.41) is 2.81. The first-order valence-electron chi connectivity index (χ1n) is 21.5. The zero-order valence-corrected chi connectivity index (χ0v) is 36.8. The first kappa shape index (κ1) is 54.4. The van der Waals surface area contributed by atoms with E-state index in [0.29, 0.717) is 19.4 Å². The van der Waals surface area contributed by atoms with Gasteiger partial charge in [-0.3, -0.25) is 18.6 Å². The number of carbonyl (C=O) groups is 2. The Bertz CT molecular complexity index is 1350. The Balaban J connectivity index is 4.44. The third-order valence-electron chi connectivity index (χ3n) is 8.09. The van der Waals surface area contributed by atoms with Crippen LogP contribution >= 0.6 is 7.82 Å². The number of rotatable bonds is 38. The average Bonchev–Trinajstić information content (AvgIpc) is 3.21. The Morgan fingerprint density at radius 1 is 0.534 bits per heavy atom. The summed E-state index contributed by atoms with van der Waals surface area (Å²) in [5.41, 5.74) is 0. The van der Waals surface area contributed by atoms with Crippen LogP contribution in [0.1, 0.15) is 129 Å². The molecular weight excluding hydrogens is 750 g/mol. The van der Waals surface area contributed by atoms with Crippen LogP contribution < -0.4 is 5.32 Å². The second-order valence-corrected chi connectivity index (χ2v) is 14.9. The van der Waals surface area contributed by atoms with E-state index in [9.17, 15) is 19.0 Å². The molecule has 2 unspecified atom stereocenters. The smallest absolute Gasteiger partial charge is 0.462 e. The number of unbranched alkanes of at least 4 members (excludes halogenated alkanes) is 4. The van der Waals surface area contributed by atoms with Crippen molar-refractivity contribution in [2.45, 2.75) is 136 Å². The zero-order chi connectivity index (χ0) is 42.5. The van der Waals surface area contributed by atoms with E-state index < -0.39 is 32.5 Å². The van der Waals surface area contributed by atoms with Gasteiger partial charge in [0.25, 0.3) is 0 Å². The Hall–Kier alpha value is -3.59. The van der Waals surface area contributed by atoms with Crippen molar-refractivity contribution in [1.29, 1.82) is 0 Å². The van der Waals surface area contributed by atoms with Crippen molar-refractivity contribution in [3.05, 3.63) is 122 Å². The van der Waals surface area contributed by atoms with E-state index in [0.717, 1.165) is 89.9 Å². The highest BCUT2D eigenvalue weighted by molar-refractivity contribution is 7.47. The molecule has 0 spiro atoms. The van der Waals surface area contributed by atoms with Crippen LogP contribution in [0.4, 0.5) is 0 Å². The molecule has 0 radical (unpaired) electrons. The molecule has 0 saturated heterocycles. The minimum absolute atomic E-state index is 0.0425. The maximum absolute atomic E-state index is 12.6. The minimum Gasteiger partial charge on any atom is -0.462 e. The summed E-state index contributed by atoms with van der Waals surface area (Å²) in [5.74, 6) is -0.947. The van der Waals surface area contributed by atoms with Crippen LogP contribution in [0.5, 0.6) is 0 Å². The van der Waals surface area contributed by atoms with Crippen LogP contribution in [-0.4, -0.2) is 56.3 Å². The molecule has 0 aliphatic carbocycles. The third kappa shape index (κ3) is 42.0.